The van der Waals surface area contributed by atoms with Crippen molar-refractivity contribution >= 4 is 6.09 Å². The maximum Gasteiger partial charge on any atom is 0.407 e. The quantitative estimate of drug-likeness (QED) is 0.743. The molecule has 0 fully saturated rings. The molecule has 18 heavy (non-hydrogen) atoms. The Bertz CT molecular complexity index is 343. The summed E-state index contributed by atoms with van der Waals surface area (Å²) in [5.74, 6) is 0. The van der Waals surface area contributed by atoms with Gasteiger partial charge in [-0.1, -0.05) is 0 Å². The first-order chi connectivity index (χ1) is 8.47. The van der Waals surface area contributed by atoms with Crippen molar-refractivity contribution in [1.82, 2.24) is 20.4 Å². The van der Waals surface area contributed by atoms with Crippen LogP contribution in [0, 0.1) is 0 Å². The standard InChI is InChI=1S/C12H22N4O2/c1-12(2,3)18-11(17)14-7-6-13-8-10-16-9-4-5-15-16/h4-5,9,13H,6-8,10H2,1-3H3,(H,14,17). The Labute approximate surface area is 108 Å². The number of nitrogens with one attached hydrogen (secondary N) is 2. The molecule has 0 bridgehead atoms. The lowest BCUT2D eigenvalue weighted by atomic mass is 10.2. The maximum atomic E-state index is 11.3. The van der Waals surface area contributed by atoms with Crippen LogP contribution >= 0.6 is 0 Å². The van der Waals surface area contributed by atoms with Crippen molar-refractivity contribution in [3.05, 3.63) is 18.5 Å². The Balaban J connectivity index is 1.97. The van der Waals surface area contributed by atoms with E-state index in [1.165, 1.54) is 0 Å². The molecule has 2 N–H and O–H groups in total. The summed E-state index contributed by atoms with van der Waals surface area (Å²) in [6.07, 6.45) is 3.29. The van der Waals surface area contributed by atoms with Crippen molar-refractivity contribution in [2.75, 3.05) is 19.6 Å². The van der Waals surface area contributed by atoms with Crippen LogP contribution < -0.4 is 10.6 Å². The molecule has 0 aliphatic heterocycles. The second-order valence-electron chi connectivity index (χ2n) is 4.95. The van der Waals surface area contributed by atoms with E-state index in [0.717, 1.165) is 13.1 Å². The van der Waals surface area contributed by atoms with Gasteiger partial charge in [-0.2, -0.15) is 5.10 Å². The van der Waals surface area contributed by atoms with E-state index in [2.05, 4.69) is 15.7 Å². The summed E-state index contributed by atoms with van der Waals surface area (Å²) < 4.78 is 6.97. The molecule has 0 saturated heterocycles. The van der Waals surface area contributed by atoms with Gasteiger partial charge < -0.3 is 15.4 Å². The molecule has 1 aromatic rings. The van der Waals surface area contributed by atoms with Gasteiger partial charge >= 0.3 is 6.09 Å². The number of nitrogens with zero attached hydrogens (tertiary/aromatic N) is 2. The molecular formula is C12H22N4O2. The van der Waals surface area contributed by atoms with Gasteiger partial charge in [-0.3, -0.25) is 4.68 Å². The van der Waals surface area contributed by atoms with Crippen molar-refractivity contribution in [2.24, 2.45) is 0 Å². The van der Waals surface area contributed by atoms with Crippen LogP contribution in [-0.4, -0.2) is 41.1 Å². The van der Waals surface area contributed by atoms with E-state index in [9.17, 15) is 4.79 Å². The number of ether oxygens (including phenoxy) is 1. The molecule has 6 heteroatoms. The Morgan fingerprint density at radius 2 is 2.11 bits per heavy atom. The van der Waals surface area contributed by atoms with Gasteiger partial charge in [-0.15, -0.1) is 0 Å². The first kappa shape index (κ1) is 14.5. The average Bonchev–Trinajstić information content (AvgIpc) is 2.73. The summed E-state index contributed by atoms with van der Waals surface area (Å²) in [7, 11) is 0. The minimum Gasteiger partial charge on any atom is -0.444 e. The predicted octanol–water partition coefficient (Wildman–Crippen LogP) is 0.997. The van der Waals surface area contributed by atoms with Gasteiger partial charge in [0.15, 0.2) is 0 Å². The first-order valence-electron chi connectivity index (χ1n) is 6.12. The molecule has 0 atom stereocenters. The molecule has 0 aliphatic carbocycles. The monoisotopic (exact) mass is 254 g/mol. The molecule has 0 saturated carbocycles. The smallest absolute Gasteiger partial charge is 0.407 e. The summed E-state index contributed by atoms with van der Waals surface area (Å²) >= 11 is 0. The molecule has 1 aromatic heterocycles. The zero-order chi connectivity index (χ0) is 13.4. The third-order valence-electron chi connectivity index (χ3n) is 2.05. The second kappa shape index (κ2) is 7.00. The average molecular weight is 254 g/mol. The van der Waals surface area contributed by atoms with Crippen molar-refractivity contribution in [1.29, 1.82) is 0 Å². The topological polar surface area (TPSA) is 68.2 Å². The molecule has 1 heterocycles. The van der Waals surface area contributed by atoms with Crippen LogP contribution in [0.3, 0.4) is 0 Å². The van der Waals surface area contributed by atoms with Crippen LogP contribution in [0.25, 0.3) is 0 Å². The van der Waals surface area contributed by atoms with Crippen LogP contribution in [0.1, 0.15) is 20.8 Å². The van der Waals surface area contributed by atoms with Gasteiger partial charge in [-0.05, 0) is 26.8 Å². The molecule has 0 unspecified atom stereocenters. The number of amides is 1. The lowest BCUT2D eigenvalue weighted by Gasteiger charge is -2.19. The van der Waals surface area contributed by atoms with Gasteiger partial charge in [0, 0.05) is 32.0 Å². The van der Waals surface area contributed by atoms with Gasteiger partial charge in [0.2, 0.25) is 0 Å². The molecule has 0 radical (unpaired) electrons. The van der Waals surface area contributed by atoms with Crippen LogP contribution in [0.5, 0.6) is 0 Å². The third kappa shape index (κ3) is 6.90. The van der Waals surface area contributed by atoms with Crippen LogP contribution in [0.4, 0.5) is 4.79 Å². The largest absolute Gasteiger partial charge is 0.444 e. The Morgan fingerprint density at radius 3 is 2.72 bits per heavy atom. The zero-order valence-electron chi connectivity index (χ0n) is 11.3. The number of hydrogen-bond acceptors (Lipinski definition) is 4. The lowest BCUT2D eigenvalue weighted by Crippen LogP contribution is -2.37. The Hall–Kier alpha value is -1.56. The van der Waals surface area contributed by atoms with E-state index in [1.807, 2.05) is 37.7 Å². The summed E-state index contributed by atoms with van der Waals surface area (Å²) in [6.45, 7) is 8.42. The summed E-state index contributed by atoms with van der Waals surface area (Å²) in [6, 6.07) is 1.89. The fraction of sp³-hybridized carbons (Fsp3) is 0.667. The van der Waals surface area contributed by atoms with E-state index in [1.54, 1.807) is 6.20 Å². The van der Waals surface area contributed by atoms with Gasteiger partial charge in [0.05, 0.1) is 6.54 Å². The number of rotatable bonds is 6. The SMILES string of the molecule is CC(C)(C)OC(=O)NCCNCCn1cccn1. The number of carbonyl (C=O) groups is 1. The molecule has 0 aliphatic rings. The van der Waals surface area contributed by atoms with Crippen molar-refractivity contribution in [3.8, 4) is 0 Å². The predicted molar refractivity (Wildman–Crippen MR) is 69.3 cm³/mol. The van der Waals surface area contributed by atoms with E-state index < -0.39 is 5.60 Å². The van der Waals surface area contributed by atoms with E-state index >= 15 is 0 Å². The van der Waals surface area contributed by atoms with Crippen LogP contribution in [-0.2, 0) is 11.3 Å². The van der Waals surface area contributed by atoms with Crippen LogP contribution in [0.15, 0.2) is 18.5 Å². The molecule has 0 aromatic carbocycles. The van der Waals surface area contributed by atoms with Crippen molar-refractivity contribution < 1.29 is 9.53 Å². The van der Waals surface area contributed by atoms with E-state index in [-0.39, 0.29) is 6.09 Å². The van der Waals surface area contributed by atoms with Gasteiger partial charge in [0.25, 0.3) is 0 Å². The zero-order valence-corrected chi connectivity index (χ0v) is 11.3. The highest BCUT2D eigenvalue weighted by atomic mass is 16.6. The molecule has 1 rings (SSSR count). The lowest BCUT2D eigenvalue weighted by molar-refractivity contribution is 0.0528. The molecule has 0 spiro atoms. The number of alkyl carbamates (subject to hydrolysis) is 1. The molecule has 6 nitrogen and oxygen atoms in total. The fourth-order valence-electron chi connectivity index (χ4n) is 1.32. The summed E-state index contributed by atoms with van der Waals surface area (Å²) in [5.41, 5.74) is -0.447. The normalized spacial score (nSPS) is 11.3. The highest BCUT2D eigenvalue weighted by molar-refractivity contribution is 5.67. The molecule has 102 valence electrons. The summed E-state index contributed by atoms with van der Waals surface area (Å²) in [4.78, 5) is 11.3. The minimum absolute atomic E-state index is 0.378. The Morgan fingerprint density at radius 1 is 1.33 bits per heavy atom. The minimum atomic E-state index is -0.447. The fourth-order valence-corrected chi connectivity index (χ4v) is 1.32. The number of aromatic nitrogens is 2. The molecular weight excluding hydrogens is 232 g/mol. The summed E-state index contributed by atoms with van der Waals surface area (Å²) in [5, 5.41) is 9.99. The Kier molecular flexibility index (Phi) is 5.64. The second-order valence-corrected chi connectivity index (χ2v) is 4.95. The third-order valence-corrected chi connectivity index (χ3v) is 2.05. The van der Waals surface area contributed by atoms with Gasteiger partial charge in [-0.25, -0.2) is 4.79 Å². The van der Waals surface area contributed by atoms with E-state index in [0.29, 0.717) is 13.1 Å². The van der Waals surface area contributed by atoms with Crippen LogP contribution in [0.2, 0.25) is 0 Å². The number of carbonyl (C=O) groups excluding carboxylic acids is 1. The molecule has 1 amide bonds. The maximum absolute atomic E-state index is 11.3. The van der Waals surface area contributed by atoms with E-state index in [4.69, 9.17) is 4.74 Å². The number of hydrogen-bond donors (Lipinski definition) is 2. The highest BCUT2D eigenvalue weighted by Crippen LogP contribution is 2.05. The highest BCUT2D eigenvalue weighted by Gasteiger charge is 2.15. The van der Waals surface area contributed by atoms with Gasteiger partial charge in [0.1, 0.15) is 5.60 Å². The van der Waals surface area contributed by atoms with Crippen molar-refractivity contribution in [2.45, 2.75) is 32.9 Å². The van der Waals surface area contributed by atoms with Crippen molar-refractivity contribution in [3.63, 3.8) is 0 Å². The first-order valence-corrected chi connectivity index (χ1v) is 6.12.